The second-order valence-electron chi connectivity index (χ2n) is 4.74. The van der Waals surface area contributed by atoms with Crippen molar-refractivity contribution in [2.24, 2.45) is 5.92 Å². The number of nitrogens with zero attached hydrogens (tertiary/aromatic N) is 1. The summed E-state index contributed by atoms with van der Waals surface area (Å²) >= 11 is 12.2. The minimum absolute atomic E-state index is 0.352. The summed E-state index contributed by atoms with van der Waals surface area (Å²) < 4.78 is 5.16. The first-order valence-electron chi connectivity index (χ1n) is 6.50. The van der Waals surface area contributed by atoms with E-state index in [1.54, 1.807) is 19.5 Å². The highest BCUT2D eigenvalue weighted by molar-refractivity contribution is 6.31. The van der Waals surface area contributed by atoms with Crippen molar-refractivity contribution < 1.29 is 4.74 Å². The zero-order chi connectivity index (χ0) is 14.4. The quantitative estimate of drug-likeness (QED) is 0.739. The molecule has 1 aromatic carbocycles. The molecule has 1 atom stereocenters. The van der Waals surface area contributed by atoms with Gasteiger partial charge >= 0.3 is 0 Å². The first kappa shape index (κ1) is 15.1. The SMILES string of the molecule is COc1ccc(CC(CCl)Cc2ccncc2Cl)cc1. The number of pyridine rings is 1. The van der Waals surface area contributed by atoms with E-state index in [4.69, 9.17) is 27.9 Å². The van der Waals surface area contributed by atoms with E-state index in [1.807, 2.05) is 18.2 Å². The lowest BCUT2D eigenvalue weighted by Gasteiger charge is -2.15. The molecule has 0 bridgehead atoms. The number of hydrogen-bond acceptors (Lipinski definition) is 2. The molecule has 0 saturated heterocycles. The van der Waals surface area contributed by atoms with Crippen molar-refractivity contribution in [3.63, 3.8) is 0 Å². The second kappa shape index (κ2) is 7.51. The fourth-order valence-electron chi connectivity index (χ4n) is 2.16. The van der Waals surface area contributed by atoms with Crippen LogP contribution in [0.4, 0.5) is 0 Å². The third-order valence-corrected chi connectivity index (χ3v) is 4.04. The van der Waals surface area contributed by atoms with Gasteiger partial charge in [0.25, 0.3) is 0 Å². The van der Waals surface area contributed by atoms with Crippen molar-refractivity contribution in [2.45, 2.75) is 12.8 Å². The van der Waals surface area contributed by atoms with Crippen LogP contribution in [0.15, 0.2) is 42.7 Å². The largest absolute Gasteiger partial charge is 0.497 e. The van der Waals surface area contributed by atoms with E-state index in [9.17, 15) is 0 Å². The topological polar surface area (TPSA) is 22.1 Å². The monoisotopic (exact) mass is 309 g/mol. The molecule has 0 amide bonds. The lowest BCUT2D eigenvalue weighted by Crippen LogP contribution is -2.10. The smallest absolute Gasteiger partial charge is 0.118 e. The minimum Gasteiger partial charge on any atom is -0.497 e. The summed E-state index contributed by atoms with van der Waals surface area (Å²) in [6.07, 6.45) is 5.22. The molecule has 2 nitrogen and oxygen atoms in total. The zero-order valence-electron chi connectivity index (χ0n) is 11.4. The molecule has 0 aliphatic rings. The number of rotatable bonds is 6. The maximum atomic E-state index is 6.15. The number of hydrogen-bond donors (Lipinski definition) is 0. The van der Waals surface area contributed by atoms with Crippen molar-refractivity contribution in [1.29, 1.82) is 0 Å². The molecule has 2 rings (SSSR count). The van der Waals surface area contributed by atoms with E-state index >= 15 is 0 Å². The molecule has 0 radical (unpaired) electrons. The summed E-state index contributed by atoms with van der Waals surface area (Å²) in [6.45, 7) is 0. The third kappa shape index (κ3) is 4.12. The van der Waals surface area contributed by atoms with Crippen molar-refractivity contribution in [3.8, 4) is 5.75 Å². The Morgan fingerprint density at radius 3 is 2.50 bits per heavy atom. The molecule has 1 heterocycles. The normalized spacial score (nSPS) is 12.2. The Labute approximate surface area is 129 Å². The van der Waals surface area contributed by atoms with E-state index < -0.39 is 0 Å². The maximum absolute atomic E-state index is 6.15. The van der Waals surface area contributed by atoms with E-state index in [0.717, 1.165) is 24.2 Å². The molecule has 2 aromatic rings. The summed E-state index contributed by atoms with van der Waals surface area (Å²) in [5.74, 6) is 1.82. The summed E-state index contributed by atoms with van der Waals surface area (Å²) in [4.78, 5) is 4.00. The molecule has 0 aliphatic heterocycles. The van der Waals surface area contributed by atoms with Gasteiger partial charge in [0.15, 0.2) is 0 Å². The van der Waals surface area contributed by atoms with Crippen LogP contribution in [-0.2, 0) is 12.8 Å². The number of aromatic nitrogens is 1. The van der Waals surface area contributed by atoms with Crippen molar-refractivity contribution in [1.82, 2.24) is 4.98 Å². The number of halogens is 2. The maximum Gasteiger partial charge on any atom is 0.118 e. The highest BCUT2D eigenvalue weighted by atomic mass is 35.5. The van der Waals surface area contributed by atoms with Gasteiger partial charge < -0.3 is 4.74 Å². The molecule has 0 N–H and O–H groups in total. The molecule has 20 heavy (non-hydrogen) atoms. The van der Waals surface area contributed by atoms with Gasteiger partial charge in [-0.05, 0) is 48.1 Å². The Balaban J connectivity index is 2.03. The minimum atomic E-state index is 0.352. The molecule has 0 spiro atoms. The summed E-state index contributed by atoms with van der Waals surface area (Å²) in [7, 11) is 1.67. The molecular formula is C16H17Cl2NO. The molecule has 1 unspecified atom stereocenters. The number of benzene rings is 1. The summed E-state index contributed by atoms with van der Waals surface area (Å²) in [5, 5.41) is 0.706. The van der Waals surface area contributed by atoms with Gasteiger partial charge in [0.1, 0.15) is 5.75 Å². The second-order valence-corrected chi connectivity index (χ2v) is 5.46. The zero-order valence-corrected chi connectivity index (χ0v) is 12.9. The Bertz CT molecular complexity index is 542. The Morgan fingerprint density at radius 1 is 1.15 bits per heavy atom. The first-order valence-corrected chi connectivity index (χ1v) is 7.41. The van der Waals surface area contributed by atoms with Gasteiger partial charge in [-0.25, -0.2) is 0 Å². The molecule has 0 fully saturated rings. The van der Waals surface area contributed by atoms with Gasteiger partial charge in [0.2, 0.25) is 0 Å². The van der Waals surface area contributed by atoms with Gasteiger partial charge in [-0.2, -0.15) is 0 Å². The van der Waals surface area contributed by atoms with Crippen LogP contribution in [-0.4, -0.2) is 18.0 Å². The highest BCUT2D eigenvalue weighted by Crippen LogP contribution is 2.22. The van der Waals surface area contributed by atoms with E-state index in [-0.39, 0.29) is 0 Å². The summed E-state index contributed by atoms with van der Waals surface area (Å²) in [5.41, 5.74) is 2.35. The Kier molecular flexibility index (Phi) is 5.69. The molecule has 1 aromatic heterocycles. The van der Waals surface area contributed by atoms with E-state index in [1.165, 1.54) is 5.56 Å². The van der Waals surface area contributed by atoms with E-state index in [0.29, 0.717) is 16.8 Å². The fraction of sp³-hybridized carbons (Fsp3) is 0.312. The van der Waals surface area contributed by atoms with Crippen LogP contribution < -0.4 is 4.74 Å². The van der Waals surface area contributed by atoms with E-state index in [2.05, 4.69) is 17.1 Å². The van der Waals surface area contributed by atoms with Gasteiger partial charge in [0.05, 0.1) is 12.1 Å². The van der Waals surface area contributed by atoms with Gasteiger partial charge in [0, 0.05) is 18.3 Å². The van der Waals surface area contributed by atoms with Gasteiger partial charge in [-0.3, -0.25) is 4.98 Å². The fourth-order valence-corrected chi connectivity index (χ4v) is 2.57. The third-order valence-electron chi connectivity index (χ3n) is 3.27. The molecular weight excluding hydrogens is 293 g/mol. The Hall–Kier alpha value is -1.25. The predicted octanol–water partition coefficient (Wildman–Crippen LogP) is 4.38. The average Bonchev–Trinajstić information content (AvgIpc) is 2.49. The first-order chi connectivity index (χ1) is 9.72. The predicted molar refractivity (Wildman–Crippen MR) is 83.9 cm³/mol. The Morgan fingerprint density at radius 2 is 1.90 bits per heavy atom. The average molecular weight is 310 g/mol. The summed E-state index contributed by atoms with van der Waals surface area (Å²) in [6, 6.07) is 10.1. The van der Waals surface area contributed by atoms with Crippen LogP contribution in [0.2, 0.25) is 5.02 Å². The molecule has 106 valence electrons. The molecule has 0 saturated carbocycles. The lowest BCUT2D eigenvalue weighted by molar-refractivity contribution is 0.414. The van der Waals surface area contributed by atoms with Crippen LogP contribution in [0.3, 0.4) is 0 Å². The van der Waals surface area contributed by atoms with Gasteiger partial charge in [-0.15, -0.1) is 11.6 Å². The van der Waals surface area contributed by atoms with Crippen LogP contribution in [0.1, 0.15) is 11.1 Å². The number of alkyl halides is 1. The highest BCUT2D eigenvalue weighted by Gasteiger charge is 2.12. The van der Waals surface area contributed by atoms with Crippen LogP contribution in [0.5, 0.6) is 5.75 Å². The van der Waals surface area contributed by atoms with Crippen LogP contribution in [0.25, 0.3) is 0 Å². The number of methoxy groups -OCH3 is 1. The van der Waals surface area contributed by atoms with Gasteiger partial charge in [-0.1, -0.05) is 23.7 Å². The molecule has 0 aliphatic carbocycles. The lowest BCUT2D eigenvalue weighted by atomic mass is 9.94. The number of ether oxygens (including phenoxy) is 1. The van der Waals surface area contributed by atoms with Crippen molar-refractivity contribution in [2.75, 3.05) is 13.0 Å². The van der Waals surface area contributed by atoms with Crippen molar-refractivity contribution >= 4 is 23.2 Å². The molecule has 4 heteroatoms. The standard InChI is InChI=1S/C16H17Cl2NO/c1-20-15-4-2-12(3-5-15)8-13(10-17)9-14-6-7-19-11-16(14)18/h2-7,11,13H,8-10H2,1H3. The van der Waals surface area contributed by atoms with Crippen molar-refractivity contribution in [3.05, 3.63) is 58.9 Å². The van der Waals surface area contributed by atoms with Crippen LogP contribution in [0, 0.1) is 5.92 Å². The van der Waals surface area contributed by atoms with Crippen LogP contribution >= 0.6 is 23.2 Å².